The van der Waals surface area contributed by atoms with Crippen molar-refractivity contribution >= 4 is 40.2 Å². The molecule has 0 bridgehead atoms. The van der Waals surface area contributed by atoms with Crippen molar-refractivity contribution < 1.29 is 9.53 Å². The Hall–Kier alpha value is -1.26. The lowest BCUT2D eigenvalue weighted by molar-refractivity contribution is -0.150. The third kappa shape index (κ3) is 2.87. The number of halogens is 2. The lowest BCUT2D eigenvalue weighted by Crippen LogP contribution is -2.31. The van der Waals surface area contributed by atoms with E-state index in [1.165, 1.54) is 6.92 Å². The molecular weight excluding hydrogens is 311 g/mol. The van der Waals surface area contributed by atoms with Crippen LogP contribution in [0.5, 0.6) is 0 Å². The van der Waals surface area contributed by atoms with Gasteiger partial charge in [-0.2, -0.15) is 0 Å². The fourth-order valence-corrected chi connectivity index (χ4v) is 3.35. The molecular formula is C15H16Cl2N2O2. The van der Waals surface area contributed by atoms with Gasteiger partial charge in [0.15, 0.2) is 0 Å². The molecule has 0 saturated heterocycles. The Morgan fingerprint density at radius 3 is 2.76 bits per heavy atom. The molecule has 1 heterocycles. The summed E-state index contributed by atoms with van der Waals surface area (Å²) in [6, 6.07) is 3.69. The van der Waals surface area contributed by atoms with Crippen LogP contribution in [-0.4, -0.2) is 21.6 Å². The normalized spacial score (nSPS) is 22.4. The predicted molar refractivity (Wildman–Crippen MR) is 82.8 cm³/mol. The first-order valence-electron chi connectivity index (χ1n) is 7.05. The number of hydrogen-bond acceptors (Lipinski definition) is 3. The van der Waals surface area contributed by atoms with Gasteiger partial charge in [-0.3, -0.25) is 4.79 Å². The topological polar surface area (TPSA) is 44.1 Å². The number of hydrogen-bond donors (Lipinski definition) is 0. The smallest absolute Gasteiger partial charge is 0.302 e. The average Bonchev–Trinajstić information content (AvgIpc) is 2.82. The fraction of sp³-hybridized carbons (Fsp3) is 0.467. The average molecular weight is 327 g/mol. The minimum atomic E-state index is -0.239. The number of nitrogens with zero attached hydrogens (tertiary/aromatic N) is 2. The summed E-state index contributed by atoms with van der Waals surface area (Å²) < 4.78 is 7.54. The Morgan fingerprint density at radius 1 is 1.29 bits per heavy atom. The first-order valence-corrected chi connectivity index (χ1v) is 7.80. The van der Waals surface area contributed by atoms with E-state index in [1.54, 1.807) is 12.4 Å². The second kappa shape index (κ2) is 5.85. The van der Waals surface area contributed by atoms with Crippen molar-refractivity contribution in [3.8, 4) is 0 Å². The van der Waals surface area contributed by atoms with Gasteiger partial charge in [-0.05, 0) is 31.4 Å². The Kier molecular flexibility index (Phi) is 4.09. The molecule has 4 nitrogen and oxygen atoms in total. The maximum absolute atomic E-state index is 11.3. The Labute approximate surface area is 133 Å². The van der Waals surface area contributed by atoms with Crippen LogP contribution in [0.4, 0.5) is 0 Å². The summed E-state index contributed by atoms with van der Waals surface area (Å²) in [5, 5.41) is 1.00. The van der Waals surface area contributed by atoms with Crippen LogP contribution in [0.25, 0.3) is 11.0 Å². The monoisotopic (exact) mass is 326 g/mol. The van der Waals surface area contributed by atoms with Gasteiger partial charge in [0.2, 0.25) is 0 Å². The van der Waals surface area contributed by atoms with Gasteiger partial charge in [0.25, 0.3) is 0 Å². The third-order valence-corrected chi connectivity index (χ3v) is 4.68. The molecule has 21 heavy (non-hydrogen) atoms. The molecule has 0 unspecified atom stereocenters. The molecule has 0 spiro atoms. The molecule has 112 valence electrons. The minimum absolute atomic E-state index is 0.102. The summed E-state index contributed by atoms with van der Waals surface area (Å²) in [7, 11) is 0. The van der Waals surface area contributed by atoms with Gasteiger partial charge in [-0.1, -0.05) is 29.6 Å². The molecule has 2 aromatic rings. The molecule has 0 N–H and O–H groups in total. The number of carbonyl (C=O) groups is 1. The van der Waals surface area contributed by atoms with Gasteiger partial charge < -0.3 is 9.30 Å². The molecule has 3 rings (SSSR count). The summed E-state index contributed by atoms with van der Waals surface area (Å²) in [5.41, 5.74) is 1.73. The molecule has 0 aliphatic heterocycles. The van der Waals surface area contributed by atoms with E-state index < -0.39 is 0 Å². The highest BCUT2D eigenvalue weighted by Crippen LogP contribution is 2.35. The maximum atomic E-state index is 11.3. The van der Waals surface area contributed by atoms with Crippen molar-refractivity contribution in [1.82, 2.24) is 9.55 Å². The molecule has 1 aromatic carbocycles. The van der Waals surface area contributed by atoms with Gasteiger partial charge in [-0.15, -0.1) is 0 Å². The lowest BCUT2D eigenvalue weighted by atomic mass is 9.92. The summed E-state index contributed by atoms with van der Waals surface area (Å²) in [4.78, 5) is 15.7. The van der Waals surface area contributed by atoms with Crippen molar-refractivity contribution in [3.05, 3.63) is 28.5 Å². The summed E-state index contributed by atoms with van der Waals surface area (Å²) in [6.45, 7) is 1.45. The quantitative estimate of drug-likeness (QED) is 0.769. The van der Waals surface area contributed by atoms with Gasteiger partial charge >= 0.3 is 5.97 Å². The van der Waals surface area contributed by atoms with E-state index in [1.807, 2.05) is 6.07 Å². The molecule has 0 radical (unpaired) electrons. The number of imidazole rings is 1. The van der Waals surface area contributed by atoms with Crippen LogP contribution in [0.1, 0.15) is 38.6 Å². The second-order valence-electron chi connectivity index (χ2n) is 5.41. The van der Waals surface area contributed by atoms with Crippen LogP contribution < -0.4 is 0 Å². The van der Waals surface area contributed by atoms with Crippen molar-refractivity contribution in [1.29, 1.82) is 0 Å². The first kappa shape index (κ1) is 14.7. The molecule has 2 atom stereocenters. The molecule has 0 amide bonds. The number of ether oxygens (including phenoxy) is 1. The number of aromatic nitrogens is 2. The van der Waals surface area contributed by atoms with Crippen molar-refractivity contribution in [2.24, 2.45) is 0 Å². The van der Waals surface area contributed by atoms with Crippen molar-refractivity contribution in [3.63, 3.8) is 0 Å². The molecule has 1 aromatic heterocycles. The Morgan fingerprint density at radius 2 is 2.00 bits per heavy atom. The van der Waals surface area contributed by atoms with Crippen LogP contribution in [0.2, 0.25) is 10.0 Å². The fourth-order valence-electron chi connectivity index (χ4n) is 3.03. The molecule has 1 saturated carbocycles. The second-order valence-corrected chi connectivity index (χ2v) is 6.22. The molecule has 1 aliphatic carbocycles. The van der Waals surface area contributed by atoms with Gasteiger partial charge in [0.1, 0.15) is 6.10 Å². The minimum Gasteiger partial charge on any atom is -0.460 e. The van der Waals surface area contributed by atoms with E-state index >= 15 is 0 Å². The van der Waals surface area contributed by atoms with E-state index in [0.717, 1.165) is 36.7 Å². The zero-order valence-electron chi connectivity index (χ0n) is 11.7. The van der Waals surface area contributed by atoms with Gasteiger partial charge in [0, 0.05) is 6.92 Å². The number of carbonyl (C=O) groups excluding carboxylic acids is 1. The summed E-state index contributed by atoms with van der Waals surface area (Å²) in [5.74, 6) is -0.239. The number of rotatable bonds is 2. The van der Waals surface area contributed by atoms with Crippen LogP contribution in [0.15, 0.2) is 18.5 Å². The standard InChI is InChI=1S/C15H16Cl2N2O2/c1-9(20)21-15-5-3-2-4-13(15)19-8-18-12-6-10(16)11(17)7-14(12)19/h6-8,13,15H,2-5H2,1H3/t13-,15-/m0/s1. The van der Waals surface area contributed by atoms with E-state index in [9.17, 15) is 4.79 Å². The highest BCUT2D eigenvalue weighted by atomic mass is 35.5. The highest BCUT2D eigenvalue weighted by Gasteiger charge is 2.30. The van der Waals surface area contributed by atoms with Crippen molar-refractivity contribution in [2.45, 2.75) is 44.8 Å². The van der Waals surface area contributed by atoms with Gasteiger partial charge in [0.05, 0.1) is 33.4 Å². The summed E-state index contributed by atoms with van der Waals surface area (Å²) >= 11 is 12.1. The largest absolute Gasteiger partial charge is 0.460 e. The number of fused-ring (bicyclic) bond motifs is 1. The van der Waals surface area contributed by atoms with E-state index in [-0.39, 0.29) is 18.1 Å². The SMILES string of the molecule is CC(=O)O[C@H]1CCCC[C@@H]1n1cnc2cc(Cl)c(Cl)cc21. The maximum Gasteiger partial charge on any atom is 0.302 e. The first-order chi connectivity index (χ1) is 10.1. The zero-order chi connectivity index (χ0) is 15.0. The van der Waals surface area contributed by atoms with E-state index in [0.29, 0.717) is 10.0 Å². The summed E-state index contributed by atoms with van der Waals surface area (Å²) in [6.07, 6.45) is 5.71. The predicted octanol–water partition coefficient (Wildman–Crippen LogP) is 4.39. The molecule has 1 aliphatic rings. The molecule has 6 heteroatoms. The number of esters is 1. The third-order valence-electron chi connectivity index (χ3n) is 3.96. The van der Waals surface area contributed by atoms with Crippen LogP contribution in [0, 0.1) is 0 Å². The molecule has 1 fully saturated rings. The van der Waals surface area contributed by atoms with Crippen LogP contribution in [-0.2, 0) is 9.53 Å². The number of benzene rings is 1. The van der Waals surface area contributed by atoms with E-state index in [2.05, 4.69) is 9.55 Å². The zero-order valence-corrected chi connectivity index (χ0v) is 13.2. The Bertz CT molecular complexity index is 684. The van der Waals surface area contributed by atoms with Crippen LogP contribution >= 0.6 is 23.2 Å². The van der Waals surface area contributed by atoms with Crippen molar-refractivity contribution in [2.75, 3.05) is 0 Å². The van der Waals surface area contributed by atoms with Gasteiger partial charge in [-0.25, -0.2) is 4.98 Å². The van der Waals surface area contributed by atoms with Crippen LogP contribution in [0.3, 0.4) is 0 Å². The lowest BCUT2D eigenvalue weighted by Gasteiger charge is -2.32. The highest BCUT2D eigenvalue weighted by molar-refractivity contribution is 6.42. The van der Waals surface area contributed by atoms with E-state index in [4.69, 9.17) is 27.9 Å². The Balaban J connectivity index is 2.01.